The van der Waals surface area contributed by atoms with Gasteiger partial charge in [0, 0.05) is 12.1 Å². The number of nitrogens with zero attached hydrogens (tertiary/aromatic N) is 2. The minimum atomic E-state index is -0.535. The highest BCUT2D eigenvalue weighted by molar-refractivity contribution is 5.51. The first-order valence-electron chi connectivity index (χ1n) is 7.34. The molecule has 2 aromatic rings. The third kappa shape index (κ3) is 3.67. The molecule has 0 aromatic heterocycles. The summed E-state index contributed by atoms with van der Waals surface area (Å²) in [5, 5.41) is 19.9. The lowest BCUT2D eigenvalue weighted by Gasteiger charge is -2.23. The highest BCUT2D eigenvalue weighted by Gasteiger charge is 2.18. The van der Waals surface area contributed by atoms with Gasteiger partial charge in [0.15, 0.2) is 0 Å². The van der Waals surface area contributed by atoms with Crippen LogP contribution in [0.25, 0.3) is 0 Å². The Kier molecular flexibility index (Phi) is 4.65. The summed E-state index contributed by atoms with van der Waals surface area (Å²) in [5.74, 6) is 0.895. The maximum Gasteiger partial charge on any atom is 0.271 e. The molecule has 0 aliphatic carbocycles. The molecule has 2 aromatic carbocycles. The average Bonchev–Trinajstić information content (AvgIpc) is 2.55. The molecule has 0 unspecified atom stereocenters. The van der Waals surface area contributed by atoms with Gasteiger partial charge in [-0.25, -0.2) is 0 Å². The lowest BCUT2D eigenvalue weighted by molar-refractivity contribution is -0.384. The van der Waals surface area contributed by atoms with Crippen molar-refractivity contribution in [1.29, 1.82) is 5.26 Å². The van der Waals surface area contributed by atoms with Crippen molar-refractivity contribution in [2.45, 2.75) is 32.6 Å². The molecule has 0 atom stereocenters. The number of ether oxygens (including phenoxy) is 1. The lowest BCUT2D eigenvalue weighted by atomic mass is 9.82. The van der Waals surface area contributed by atoms with Gasteiger partial charge in [-0.3, -0.25) is 10.1 Å². The number of nitro benzene ring substituents is 1. The highest BCUT2D eigenvalue weighted by Crippen LogP contribution is 2.31. The largest absolute Gasteiger partial charge is 0.456 e. The maximum atomic E-state index is 10.8. The first kappa shape index (κ1) is 16.5. The molecule has 23 heavy (non-hydrogen) atoms. The summed E-state index contributed by atoms with van der Waals surface area (Å²) in [4.78, 5) is 10.2. The predicted octanol–water partition coefficient (Wildman–Crippen LogP) is 4.95. The molecule has 0 spiro atoms. The Bertz CT molecular complexity index is 759. The summed E-state index contributed by atoms with van der Waals surface area (Å²) in [6.45, 7) is 6.49. The van der Waals surface area contributed by atoms with Crippen LogP contribution in [0, 0.1) is 21.4 Å². The van der Waals surface area contributed by atoms with Crippen molar-refractivity contribution < 1.29 is 9.66 Å². The second-order valence-corrected chi connectivity index (χ2v) is 5.91. The van der Waals surface area contributed by atoms with Gasteiger partial charge in [-0.2, -0.15) is 5.26 Å². The van der Waals surface area contributed by atoms with Gasteiger partial charge in [-0.05, 0) is 35.6 Å². The van der Waals surface area contributed by atoms with Gasteiger partial charge in [-0.15, -0.1) is 0 Å². The number of hydrogen-bond acceptors (Lipinski definition) is 4. The Balaban J connectivity index is 2.26. The minimum absolute atomic E-state index is 0.0870. The molecule has 0 amide bonds. The van der Waals surface area contributed by atoms with E-state index in [0.717, 1.165) is 6.42 Å². The van der Waals surface area contributed by atoms with E-state index in [9.17, 15) is 10.1 Å². The van der Waals surface area contributed by atoms with Gasteiger partial charge in [0.1, 0.15) is 23.1 Å². The van der Waals surface area contributed by atoms with Crippen LogP contribution in [0.2, 0.25) is 0 Å². The van der Waals surface area contributed by atoms with E-state index < -0.39 is 4.92 Å². The zero-order valence-electron chi connectivity index (χ0n) is 13.4. The molecule has 0 bridgehead atoms. The van der Waals surface area contributed by atoms with E-state index in [4.69, 9.17) is 10.00 Å². The van der Waals surface area contributed by atoms with Gasteiger partial charge >= 0.3 is 0 Å². The van der Waals surface area contributed by atoms with Crippen molar-refractivity contribution in [3.8, 4) is 17.6 Å². The van der Waals surface area contributed by atoms with Gasteiger partial charge in [-0.1, -0.05) is 32.9 Å². The summed E-state index contributed by atoms with van der Waals surface area (Å²) >= 11 is 0. The molecule has 5 nitrogen and oxygen atoms in total. The molecular weight excluding hydrogens is 292 g/mol. The molecule has 0 saturated carbocycles. The second-order valence-electron chi connectivity index (χ2n) is 5.91. The van der Waals surface area contributed by atoms with Gasteiger partial charge in [0.2, 0.25) is 0 Å². The molecule has 0 radical (unpaired) electrons. The quantitative estimate of drug-likeness (QED) is 0.578. The summed E-state index contributed by atoms with van der Waals surface area (Å²) in [7, 11) is 0. The third-order valence-electron chi connectivity index (χ3n) is 4.04. The van der Waals surface area contributed by atoms with Gasteiger partial charge in [0.05, 0.1) is 4.92 Å². The number of benzene rings is 2. The Morgan fingerprint density at radius 3 is 2.39 bits per heavy atom. The van der Waals surface area contributed by atoms with E-state index in [1.165, 1.54) is 23.8 Å². The summed E-state index contributed by atoms with van der Waals surface area (Å²) in [6, 6.07) is 13.6. The van der Waals surface area contributed by atoms with Crippen molar-refractivity contribution in [3.63, 3.8) is 0 Å². The van der Waals surface area contributed by atoms with E-state index in [1.54, 1.807) is 0 Å². The molecule has 0 aliphatic rings. The summed E-state index contributed by atoms with van der Waals surface area (Å²) in [6.07, 6.45) is 1.02. The van der Waals surface area contributed by atoms with Crippen LogP contribution < -0.4 is 4.74 Å². The van der Waals surface area contributed by atoms with Gasteiger partial charge in [0.25, 0.3) is 5.69 Å². The van der Waals surface area contributed by atoms with Crippen LogP contribution in [0.4, 0.5) is 5.69 Å². The first-order chi connectivity index (χ1) is 10.9. The number of nitriles is 1. The third-order valence-corrected chi connectivity index (χ3v) is 4.04. The van der Waals surface area contributed by atoms with Crippen LogP contribution in [0.3, 0.4) is 0 Å². The van der Waals surface area contributed by atoms with Crippen molar-refractivity contribution in [2.75, 3.05) is 0 Å². The number of nitro groups is 1. The van der Waals surface area contributed by atoms with Crippen LogP contribution in [-0.4, -0.2) is 4.92 Å². The zero-order valence-corrected chi connectivity index (χ0v) is 13.4. The fraction of sp³-hybridized carbons (Fsp3) is 0.278. The topological polar surface area (TPSA) is 76.2 Å². The van der Waals surface area contributed by atoms with Crippen molar-refractivity contribution in [3.05, 3.63) is 63.7 Å². The van der Waals surface area contributed by atoms with Crippen molar-refractivity contribution in [1.82, 2.24) is 0 Å². The summed E-state index contributed by atoms with van der Waals surface area (Å²) < 4.78 is 5.69. The molecule has 0 N–H and O–H groups in total. The monoisotopic (exact) mass is 310 g/mol. The number of hydrogen-bond donors (Lipinski definition) is 0. The smallest absolute Gasteiger partial charge is 0.271 e. The zero-order chi connectivity index (χ0) is 17.0. The molecule has 0 aliphatic heterocycles. The molecular formula is C18H18N2O3. The number of rotatable bonds is 5. The Hall–Kier alpha value is -2.87. The van der Waals surface area contributed by atoms with Crippen LogP contribution in [0.15, 0.2) is 42.5 Å². The highest BCUT2D eigenvalue weighted by atomic mass is 16.6. The van der Waals surface area contributed by atoms with E-state index in [0.29, 0.717) is 11.5 Å². The van der Waals surface area contributed by atoms with Crippen LogP contribution in [-0.2, 0) is 5.41 Å². The van der Waals surface area contributed by atoms with Crippen molar-refractivity contribution >= 4 is 5.69 Å². The van der Waals surface area contributed by atoms with E-state index in [2.05, 4.69) is 20.8 Å². The lowest BCUT2D eigenvalue weighted by Crippen LogP contribution is -2.14. The average molecular weight is 310 g/mol. The fourth-order valence-corrected chi connectivity index (χ4v) is 2.11. The van der Waals surface area contributed by atoms with E-state index >= 15 is 0 Å². The van der Waals surface area contributed by atoms with E-state index in [1.807, 2.05) is 30.3 Å². The molecule has 0 fully saturated rings. The Morgan fingerprint density at radius 2 is 1.87 bits per heavy atom. The first-order valence-corrected chi connectivity index (χ1v) is 7.34. The maximum absolute atomic E-state index is 10.8. The molecule has 118 valence electrons. The standard InChI is InChI=1S/C18H18N2O3/c1-4-18(2,3)14-5-8-16(9-6-14)23-17-10-7-15(20(21)22)11-13(17)12-19/h5-11H,4H2,1-3H3. The molecule has 2 rings (SSSR count). The Labute approximate surface area is 135 Å². The SMILES string of the molecule is CCC(C)(C)c1ccc(Oc2ccc([N+](=O)[O-])cc2C#N)cc1. The predicted molar refractivity (Wildman–Crippen MR) is 87.6 cm³/mol. The Morgan fingerprint density at radius 1 is 1.22 bits per heavy atom. The molecule has 0 saturated heterocycles. The van der Waals surface area contributed by atoms with Crippen LogP contribution >= 0.6 is 0 Å². The fourth-order valence-electron chi connectivity index (χ4n) is 2.11. The van der Waals surface area contributed by atoms with Crippen LogP contribution in [0.5, 0.6) is 11.5 Å². The van der Waals surface area contributed by atoms with Crippen LogP contribution in [0.1, 0.15) is 38.3 Å². The van der Waals surface area contributed by atoms with Gasteiger partial charge < -0.3 is 4.74 Å². The summed E-state index contributed by atoms with van der Waals surface area (Å²) in [5.41, 5.74) is 1.30. The molecule has 0 heterocycles. The number of non-ortho nitro benzene ring substituents is 1. The normalized spacial score (nSPS) is 10.9. The second kappa shape index (κ2) is 6.49. The van der Waals surface area contributed by atoms with E-state index in [-0.39, 0.29) is 16.7 Å². The van der Waals surface area contributed by atoms with Crippen molar-refractivity contribution in [2.24, 2.45) is 0 Å². The molecule has 5 heteroatoms. The minimum Gasteiger partial charge on any atom is -0.456 e.